The Morgan fingerprint density at radius 2 is 2.11 bits per heavy atom. The van der Waals surface area contributed by atoms with Crippen molar-refractivity contribution in [3.63, 3.8) is 0 Å². The topological polar surface area (TPSA) is 54.0 Å². The van der Waals surface area contributed by atoms with E-state index in [1.54, 1.807) is 6.20 Å². The van der Waals surface area contributed by atoms with E-state index in [4.69, 9.17) is 0 Å². The number of hydrogen-bond acceptors (Lipinski definition) is 3. The van der Waals surface area contributed by atoms with Crippen LogP contribution in [0.1, 0.15) is 45.4 Å². The standard InChI is InChI=1S/C15H23N3O/c1-2-10-16-13-8-9-14(17-11-13)18-15(19)12-6-4-3-5-7-12/h8-9,11-12,16H,2-7,10H2,1H3,(H,17,18,19). The zero-order chi connectivity index (χ0) is 13.5. The zero-order valence-electron chi connectivity index (χ0n) is 11.6. The van der Waals surface area contributed by atoms with Crippen molar-refractivity contribution in [1.29, 1.82) is 0 Å². The molecule has 4 nitrogen and oxygen atoms in total. The smallest absolute Gasteiger partial charge is 0.228 e. The van der Waals surface area contributed by atoms with Crippen molar-refractivity contribution in [3.8, 4) is 0 Å². The molecule has 0 bridgehead atoms. The fourth-order valence-corrected chi connectivity index (χ4v) is 2.43. The number of carbonyl (C=O) groups is 1. The van der Waals surface area contributed by atoms with Crippen molar-refractivity contribution >= 4 is 17.4 Å². The Labute approximate surface area is 115 Å². The predicted molar refractivity (Wildman–Crippen MR) is 78.2 cm³/mol. The molecule has 1 aromatic heterocycles. The van der Waals surface area contributed by atoms with E-state index in [0.29, 0.717) is 5.82 Å². The van der Waals surface area contributed by atoms with Crippen LogP contribution >= 0.6 is 0 Å². The highest BCUT2D eigenvalue weighted by Crippen LogP contribution is 2.24. The van der Waals surface area contributed by atoms with Crippen molar-refractivity contribution in [1.82, 2.24) is 4.98 Å². The second kappa shape index (κ2) is 7.12. The Morgan fingerprint density at radius 1 is 1.32 bits per heavy atom. The summed E-state index contributed by atoms with van der Waals surface area (Å²) in [4.78, 5) is 16.3. The molecule has 1 aliphatic rings. The summed E-state index contributed by atoms with van der Waals surface area (Å²) in [6.07, 6.45) is 8.49. The van der Waals surface area contributed by atoms with Gasteiger partial charge in [0.15, 0.2) is 0 Å². The van der Waals surface area contributed by atoms with Crippen LogP contribution in [0.5, 0.6) is 0 Å². The van der Waals surface area contributed by atoms with Crippen LogP contribution in [0.25, 0.3) is 0 Å². The monoisotopic (exact) mass is 261 g/mol. The molecule has 0 atom stereocenters. The van der Waals surface area contributed by atoms with Gasteiger partial charge < -0.3 is 10.6 Å². The van der Waals surface area contributed by atoms with Gasteiger partial charge in [-0.05, 0) is 31.4 Å². The summed E-state index contributed by atoms with van der Waals surface area (Å²) >= 11 is 0. The minimum Gasteiger partial charge on any atom is -0.384 e. The first-order chi connectivity index (χ1) is 9.29. The summed E-state index contributed by atoms with van der Waals surface area (Å²) in [6, 6.07) is 3.82. The molecule has 104 valence electrons. The van der Waals surface area contributed by atoms with E-state index in [-0.39, 0.29) is 11.8 Å². The van der Waals surface area contributed by atoms with Gasteiger partial charge in [-0.1, -0.05) is 26.2 Å². The first-order valence-electron chi connectivity index (χ1n) is 7.30. The molecule has 1 heterocycles. The fraction of sp³-hybridized carbons (Fsp3) is 0.600. The molecule has 1 saturated carbocycles. The molecule has 0 radical (unpaired) electrons. The molecule has 0 unspecified atom stereocenters. The Hall–Kier alpha value is -1.58. The van der Waals surface area contributed by atoms with Gasteiger partial charge in [0.25, 0.3) is 0 Å². The highest BCUT2D eigenvalue weighted by atomic mass is 16.1. The molecule has 2 N–H and O–H groups in total. The number of nitrogens with zero attached hydrogens (tertiary/aromatic N) is 1. The van der Waals surface area contributed by atoms with Gasteiger partial charge in [0.05, 0.1) is 11.9 Å². The van der Waals surface area contributed by atoms with E-state index in [1.807, 2.05) is 12.1 Å². The number of aromatic nitrogens is 1. The van der Waals surface area contributed by atoms with Gasteiger partial charge >= 0.3 is 0 Å². The molecular formula is C15H23N3O. The molecule has 19 heavy (non-hydrogen) atoms. The van der Waals surface area contributed by atoms with Crippen LogP contribution in [-0.2, 0) is 4.79 Å². The SMILES string of the molecule is CCCNc1ccc(NC(=O)C2CCCCC2)nc1. The molecule has 4 heteroatoms. The van der Waals surface area contributed by atoms with Crippen molar-refractivity contribution in [2.24, 2.45) is 5.92 Å². The van der Waals surface area contributed by atoms with Crippen molar-refractivity contribution in [2.75, 3.05) is 17.2 Å². The zero-order valence-corrected chi connectivity index (χ0v) is 11.6. The maximum atomic E-state index is 12.1. The van der Waals surface area contributed by atoms with Gasteiger partial charge in [0.2, 0.25) is 5.91 Å². The van der Waals surface area contributed by atoms with Crippen LogP contribution in [0.3, 0.4) is 0 Å². The lowest BCUT2D eigenvalue weighted by atomic mass is 9.89. The van der Waals surface area contributed by atoms with E-state index in [9.17, 15) is 4.79 Å². The van der Waals surface area contributed by atoms with Gasteiger partial charge in [-0.2, -0.15) is 0 Å². The van der Waals surface area contributed by atoms with E-state index >= 15 is 0 Å². The minimum absolute atomic E-state index is 0.126. The summed E-state index contributed by atoms with van der Waals surface area (Å²) in [6.45, 7) is 3.06. The Balaban J connectivity index is 1.86. The van der Waals surface area contributed by atoms with Gasteiger partial charge in [-0.15, -0.1) is 0 Å². The van der Waals surface area contributed by atoms with Gasteiger partial charge in [0, 0.05) is 12.5 Å². The Kier molecular flexibility index (Phi) is 5.19. The maximum Gasteiger partial charge on any atom is 0.228 e. The number of hydrogen-bond donors (Lipinski definition) is 2. The van der Waals surface area contributed by atoms with Gasteiger partial charge in [0.1, 0.15) is 5.82 Å². The number of anilines is 2. The molecule has 0 spiro atoms. The molecule has 0 aromatic carbocycles. The van der Waals surface area contributed by atoms with Gasteiger partial charge in [-0.3, -0.25) is 4.79 Å². The first kappa shape index (κ1) is 13.8. The first-order valence-corrected chi connectivity index (χ1v) is 7.30. The summed E-state index contributed by atoms with van der Waals surface area (Å²) in [5.74, 6) is 0.951. The number of nitrogens with one attached hydrogen (secondary N) is 2. The lowest BCUT2D eigenvalue weighted by Gasteiger charge is -2.20. The van der Waals surface area contributed by atoms with E-state index in [2.05, 4.69) is 22.5 Å². The van der Waals surface area contributed by atoms with E-state index < -0.39 is 0 Å². The molecule has 1 fully saturated rings. The molecular weight excluding hydrogens is 238 g/mol. The Morgan fingerprint density at radius 3 is 2.74 bits per heavy atom. The second-order valence-corrected chi connectivity index (χ2v) is 5.18. The molecule has 1 amide bonds. The number of amides is 1. The summed E-state index contributed by atoms with van der Waals surface area (Å²) < 4.78 is 0. The number of pyridine rings is 1. The molecule has 1 aromatic rings. The third-order valence-corrected chi connectivity index (χ3v) is 3.57. The van der Waals surface area contributed by atoms with Crippen LogP contribution in [0.2, 0.25) is 0 Å². The number of carbonyl (C=O) groups excluding carboxylic acids is 1. The molecule has 0 aliphatic heterocycles. The third-order valence-electron chi connectivity index (χ3n) is 3.57. The average Bonchev–Trinajstić information content (AvgIpc) is 2.47. The van der Waals surface area contributed by atoms with Crippen LogP contribution in [0.4, 0.5) is 11.5 Å². The normalized spacial score (nSPS) is 16.1. The average molecular weight is 261 g/mol. The van der Waals surface area contributed by atoms with Crippen molar-refractivity contribution in [3.05, 3.63) is 18.3 Å². The third kappa shape index (κ3) is 4.23. The second-order valence-electron chi connectivity index (χ2n) is 5.18. The quantitative estimate of drug-likeness (QED) is 0.854. The summed E-state index contributed by atoms with van der Waals surface area (Å²) in [5, 5.41) is 6.18. The van der Waals surface area contributed by atoms with Crippen LogP contribution < -0.4 is 10.6 Å². The predicted octanol–water partition coefficient (Wildman–Crippen LogP) is 3.42. The highest BCUT2D eigenvalue weighted by molar-refractivity contribution is 5.91. The lowest BCUT2D eigenvalue weighted by Crippen LogP contribution is -2.25. The maximum absolute atomic E-state index is 12.1. The highest BCUT2D eigenvalue weighted by Gasteiger charge is 2.21. The fourth-order valence-electron chi connectivity index (χ4n) is 2.43. The van der Waals surface area contributed by atoms with Crippen molar-refractivity contribution < 1.29 is 4.79 Å². The summed E-state index contributed by atoms with van der Waals surface area (Å²) in [7, 11) is 0. The number of rotatable bonds is 5. The van der Waals surface area contributed by atoms with Crippen molar-refractivity contribution in [2.45, 2.75) is 45.4 Å². The molecule has 1 aliphatic carbocycles. The van der Waals surface area contributed by atoms with Gasteiger partial charge in [-0.25, -0.2) is 4.98 Å². The van der Waals surface area contributed by atoms with E-state index in [1.165, 1.54) is 19.3 Å². The molecule has 0 saturated heterocycles. The lowest BCUT2D eigenvalue weighted by molar-refractivity contribution is -0.120. The molecule has 2 rings (SSSR count). The minimum atomic E-state index is 0.126. The Bertz CT molecular complexity index is 396. The summed E-state index contributed by atoms with van der Waals surface area (Å²) in [5.41, 5.74) is 0.998. The van der Waals surface area contributed by atoms with Crippen LogP contribution in [-0.4, -0.2) is 17.4 Å². The van der Waals surface area contributed by atoms with Crippen LogP contribution in [0.15, 0.2) is 18.3 Å². The van der Waals surface area contributed by atoms with E-state index in [0.717, 1.165) is 31.5 Å². The van der Waals surface area contributed by atoms with Crippen LogP contribution in [0, 0.1) is 5.92 Å². The largest absolute Gasteiger partial charge is 0.384 e.